The molecule has 1 aromatic rings. The maximum absolute atomic E-state index is 6.00. The minimum absolute atomic E-state index is 0.521. The molecule has 1 aliphatic heterocycles. The zero-order valence-electron chi connectivity index (χ0n) is 11.0. The van der Waals surface area contributed by atoms with E-state index in [0.717, 1.165) is 49.2 Å². The molecule has 4 nitrogen and oxygen atoms in total. The molecule has 0 spiro atoms. The number of piperazine rings is 1. The van der Waals surface area contributed by atoms with Crippen molar-refractivity contribution in [3.05, 3.63) is 16.3 Å². The van der Waals surface area contributed by atoms with Crippen LogP contribution in [-0.2, 0) is 0 Å². The first kappa shape index (κ1) is 12.2. The van der Waals surface area contributed by atoms with Crippen molar-refractivity contribution >= 4 is 17.4 Å². The Labute approximate surface area is 113 Å². The van der Waals surface area contributed by atoms with E-state index in [1.807, 2.05) is 6.92 Å². The van der Waals surface area contributed by atoms with Crippen molar-refractivity contribution in [1.29, 1.82) is 0 Å². The van der Waals surface area contributed by atoms with Gasteiger partial charge in [-0.3, -0.25) is 4.90 Å². The summed E-state index contributed by atoms with van der Waals surface area (Å²) in [6, 6.07) is 0.867. The van der Waals surface area contributed by atoms with Gasteiger partial charge in [0.25, 0.3) is 0 Å². The Bertz CT molecular complexity index is 451. The highest BCUT2D eigenvalue weighted by Crippen LogP contribution is 2.29. The number of halogens is 1. The lowest BCUT2D eigenvalue weighted by Gasteiger charge is -2.36. The van der Waals surface area contributed by atoms with Crippen LogP contribution >= 0.6 is 11.6 Å². The molecule has 0 bridgehead atoms. The van der Waals surface area contributed by atoms with E-state index in [2.05, 4.69) is 26.9 Å². The van der Waals surface area contributed by atoms with Crippen LogP contribution in [0.15, 0.2) is 0 Å². The van der Waals surface area contributed by atoms with E-state index < -0.39 is 0 Å². The summed E-state index contributed by atoms with van der Waals surface area (Å²) < 4.78 is 0. The average Bonchev–Trinajstić information content (AvgIpc) is 3.21. The van der Waals surface area contributed by atoms with Crippen molar-refractivity contribution in [2.75, 3.05) is 31.1 Å². The molecule has 0 unspecified atom stereocenters. The molecule has 3 rings (SSSR count). The Morgan fingerprint density at radius 3 is 2.28 bits per heavy atom. The highest BCUT2D eigenvalue weighted by molar-refractivity contribution is 6.30. The normalized spacial score (nSPS) is 21.4. The summed E-state index contributed by atoms with van der Waals surface area (Å²) in [5.41, 5.74) is 2.21. The smallest absolute Gasteiger partial charge is 0.155 e. The lowest BCUT2D eigenvalue weighted by molar-refractivity contribution is 0.247. The lowest BCUT2D eigenvalue weighted by Crippen LogP contribution is -2.47. The molecule has 98 valence electrons. The van der Waals surface area contributed by atoms with Crippen molar-refractivity contribution in [3.63, 3.8) is 0 Å². The maximum Gasteiger partial charge on any atom is 0.155 e. The van der Waals surface area contributed by atoms with E-state index in [1.165, 1.54) is 12.8 Å². The van der Waals surface area contributed by atoms with Gasteiger partial charge in [-0.25, -0.2) is 0 Å². The third kappa shape index (κ3) is 2.19. The average molecular weight is 267 g/mol. The molecular formula is C13H19ClN4. The van der Waals surface area contributed by atoms with Crippen molar-refractivity contribution in [3.8, 4) is 0 Å². The van der Waals surface area contributed by atoms with Gasteiger partial charge in [-0.05, 0) is 37.8 Å². The molecule has 1 aliphatic carbocycles. The Hall–Kier alpha value is -0.870. The molecule has 2 fully saturated rings. The third-order valence-corrected chi connectivity index (χ3v) is 4.48. The zero-order chi connectivity index (χ0) is 12.7. The first-order valence-corrected chi connectivity index (χ1v) is 7.03. The van der Waals surface area contributed by atoms with Gasteiger partial charge < -0.3 is 4.90 Å². The van der Waals surface area contributed by atoms with E-state index >= 15 is 0 Å². The Balaban J connectivity index is 1.74. The zero-order valence-corrected chi connectivity index (χ0v) is 11.7. The van der Waals surface area contributed by atoms with Crippen LogP contribution in [0.5, 0.6) is 0 Å². The van der Waals surface area contributed by atoms with Crippen LogP contribution in [0.2, 0.25) is 5.15 Å². The summed E-state index contributed by atoms with van der Waals surface area (Å²) >= 11 is 6.00. The van der Waals surface area contributed by atoms with Crippen molar-refractivity contribution < 1.29 is 0 Å². The molecule has 2 aliphatic rings. The van der Waals surface area contributed by atoms with Crippen LogP contribution in [-0.4, -0.2) is 47.3 Å². The molecule has 5 heteroatoms. The molecule has 1 saturated heterocycles. The molecule has 0 atom stereocenters. The molecular weight excluding hydrogens is 248 g/mol. The van der Waals surface area contributed by atoms with Crippen LogP contribution < -0.4 is 4.90 Å². The summed E-state index contributed by atoms with van der Waals surface area (Å²) in [4.78, 5) is 4.94. The first-order valence-electron chi connectivity index (χ1n) is 6.65. The summed E-state index contributed by atoms with van der Waals surface area (Å²) in [7, 11) is 0. The third-order valence-electron chi connectivity index (χ3n) is 4.12. The Kier molecular flexibility index (Phi) is 3.16. The van der Waals surface area contributed by atoms with Crippen LogP contribution in [0.25, 0.3) is 0 Å². The van der Waals surface area contributed by atoms with Crippen LogP contribution in [0.3, 0.4) is 0 Å². The number of aromatic nitrogens is 2. The van der Waals surface area contributed by atoms with E-state index in [9.17, 15) is 0 Å². The molecule has 1 saturated carbocycles. The fourth-order valence-corrected chi connectivity index (χ4v) is 2.78. The number of anilines is 1. The largest absolute Gasteiger partial charge is 0.352 e. The van der Waals surface area contributed by atoms with E-state index in [1.54, 1.807) is 0 Å². The lowest BCUT2D eigenvalue weighted by atomic mass is 10.1. The summed E-state index contributed by atoms with van der Waals surface area (Å²) in [6.07, 6.45) is 2.78. The van der Waals surface area contributed by atoms with Gasteiger partial charge in [-0.2, -0.15) is 0 Å². The minimum atomic E-state index is 0.521. The van der Waals surface area contributed by atoms with Gasteiger partial charge in [0.05, 0.1) is 0 Å². The number of hydrogen-bond acceptors (Lipinski definition) is 4. The Morgan fingerprint density at radius 1 is 1.00 bits per heavy atom. The molecule has 0 aromatic carbocycles. The van der Waals surface area contributed by atoms with Gasteiger partial charge in [0, 0.05) is 32.2 Å². The molecule has 1 aromatic heterocycles. The van der Waals surface area contributed by atoms with Gasteiger partial charge in [0.1, 0.15) is 0 Å². The molecule has 0 amide bonds. The fraction of sp³-hybridized carbons (Fsp3) is 0.692. The minimum Gasteiger partial charge on any atom is -0.352 e. The number of rotatable bonds is 2. The predicted octanol–water partition coefficient (Wildman–Crippen LogP) is 2.03. The second kappa shape index (κ2) is 4.67. The van der Waals surface area contributed by atoms with Gasteiger partial charge in [0.15, 0.2) is 11.0 Å². The second-order valence-corrected chi connectivity index (χ2v) is 5.68. The molecule has 0 radical (unpaired) electrons. The van der Waals surface area contributed by atoms with E-state index in [-0.39, 0.29) is 0 Å². The molecule has 2 heterocycles. The summed E-state index contributed by atoms with van der Waals surface area (Å²) in [5.74, 6) is 1.01. The summed E-state index contributed by atoms with van der Waals surface area (Å²) in [5, 5.41) is 8.84. The fourth-order valence-electron chi connectivity index (χ4n) is 2.60. The quantitative estimate of drug-likeness (QED) is 0.820. The highest BCUT2D eigenvalue weighted by Gasteiger charge is 2.31. The van der Waals surface area contributed by atoms with Crippen molar-refractivity contribution in [1.82, 2.24) is 15.1 Å². The topological polar surface area (TPSA) is 32.3 Å². The van der Waals surface area contributed by atoms with Crippen molar-refractivity contribution in [2.45, 2.75) is 32.7 Å². The van der Waals surface area contributed by atoms with Crippen molar-refractivity contribution in [2.24, 2.45) is 0 Å². The number of hydrogen-bond donors (Lipinski definition) is 0. The SMILES string of the molecule is Cc1c(Cl)nnc(N2CCN(C3CC3)CC2)c1C. The van der Waals surface area contributed by atoms with Gasteiger partial charge in [-0.1, -0.05) is 11.6 Å². The van der Waals surface area contributed by atoms with Crippen LogP contribution in [0.1, 0.15) is 24.0 Å². The standard InChI is InChI=1S/C13H19ClN4/c1-9-10(2)13(16-15-12(9)14)18-7-5-17(6-8-18)11-3-4-11/h11H,3-8H2,1-2H3. The van der Waals surface area contributed by atoms with Gasteiger partial charge in [-0.15, -0.1) is 10.2 Å². The van der Waals surface area contributed by atoms with E-state index in [4.69, 9.17) is 11.6 Å². The number of nitrogens with zero attached hydrogens (tertiary/aromatic N) is 4. The van der Waals surface area contributed by atoms with Gasteiger partial charge >= 0.3 is 0 Å². The molecule has 0 N–H and O–H groups in total. The molecule has 18 heavy (non-hydrogen) atoms. The maximum atomic E-state index is 6.00. The predicted molar refractivity (Wildman–Crippen MR) is 73.3 cm³/mol. The van der Waals surface area contributed by atoms with E-state index in [0.29, 0.717) is 5.15 Å². The van der Waals surface area contributed by atoms with Crippen LogP contribution in [0, 0.1) is 13.8 Å². The monoisotopic (exact) mass is 266 g/mol. The highest BCUT2D eigenvalue weighted by atomic mass is 35.5. The second-order valence-electron chi connectivity index (χ2n) is 5.32. The van der Waals surface area contributed by atoms with Crippen LogP contribution in [0.4, 0.5) is 5.82 Å². The Morgan fingerprint density at radius 2 is 1.67 bits per heavy atom. The summed E-state index contributed by atoms with van der Waals surface area (Å²) in [6.45, 7) is 8.48. The first-order chi connectivity index (χ1) is 8.66. The van der Waals surface area contributed by atoms with Gasteiger partial charge in [0.2, 0.25) is 0 Å².